The predicted molar refractivity (Wildman–Crippen MR) is 110 cm³/mol. The average molecular weight is 402 g/mol. The normalized spacial score (nSPS) is 21.0. The van der Waals surface area contributed by atoms with Crippen molar-refractivity contribution in [3.05, 3.63) is 47.0 Å². The summed E-state index contributed by atoms with van der Waals surface area (Å²) in [6.07, 6.45) is 3.95. The van der Waals surface area contributed by atoms with Crippen molar-refractivity contribution in [3.63, 3.8) is 0 Å². The summed E-state index contributed by atoms with van der Waals surface area (Å²) < 4.78 is 2.29. The van der Waals surface area contributed by atoms with Gasteiger partial charge in [-0.15, -0.1) is 22.6 Å². The number of aryl methyl sites for hydroxylation is 1. The van der Waals surface area contributed by atoms with E-state index in [1.807, 2.05) is 0 Å². The number of halogens is 1. The molecule has 28 heavy (non-hydrogen) atoms. The number of likely N-dealkylation sites (tertiary alicyclic amines) is 1. The van der Waals surface area contributed by atoms with Gasteiger partial charge >= 0.3 is 0 Å². The summed E-state index contributed by atoms with van der Waals surface area (Å²) in [5, 5.41) is 12.2. The van der Waals surface area contributed by atoms with Gasteiger partial charge < -0.3 is 14.8 Å². The number of nitrogens with zero attached hydrogens (tertiary/aromatic N) is 4. The Morgan fingerprint density at radius 1 is 1.14 bits per heavy atom. The Morgan fingerprint density at radius 2 is 1.89 bits per heavy atom. The Balaban J connectivity index is 0.00000192. The lowest BCUT2D eigenvalue weighted by Crippen LogP contribution is -2.44. The van der Waals surface area contributed by atoms with Crippen LogP contribution in [0.2, 0.25) is 0 Å². The molecule has 3 heterocycles. The van der Waals surface area contributed by atoms with E-state index >= 15 is 0 Å². The number of carbonyl (C=O) groups excluding carboxylic acids is 1. The fourth-order valence-electron chi connectivity index (χ4n) is 4.89. The number of piperidine rings is 1. The molecule has 0 radical (unpaired) electrons. The van der Waals surface area contributed by atoms with Crippen LogP contribution in [0.5, 0.6) is 0 Å². The van der Waals surface area contributed by atoms with E-state index in [1.165, 1.54) is 11.1 Å². The first-order valence-electron chi connectivity index (χ1n) is 10.2. The molecule has 1 saturated carbocycles. The van der Waals surface area contributed by atoms with Crippen molar-refractivity contribution in [2.24, 2.45) is 0 Å². The van der Waals surface area contributed by atoms with E-state index in [9.17, 15) is 4.79 Å². The van der Waals surface area contributed by atoms with E-state index < -0.39 is 0 Å². The Morgan fingerprint density at radius 3 is 2.61 bits per heavy atom. The maximum Gasteiger partial charge on any atom is 0.233 e. The van der Waals surface area contributed by atoms with Gasteiger partial charge in [-0.3, -0.25) is 4.79 Å². The summed E-state index contributed by atoms with van der Waals surface area (Å²) in [5.41, 5.74) is 2.22. The largest absolute Gasteiger partial charge is 0.342 e. The molecule has 0 bridgehead atoms. The zero-order valence-electron chi connectivity index (χ0n) is 16.4. The standard InChI is InChI=1S/C21H27N5O.ClH/c1-15-4-2-3-5-17(15)21(8-9-21)20(27)25-11-6-16(7-12-25)19-24-23-18-14-22-10-13-26(18)19;/h2-5,16,22H,6-14H2,1H3;1H. The Labute approximate surface area is 172 Å². The van der Waals surface area contributed by atoms with Crippen molar-refractivity contribution in [2.75, 3.05) is 19.6 Å². The van der Waals surface area contributed by atoms with Gasteiger partial charge in [0.15, 0.2) is 0 Å². The summed E-state index contributed by atoms with van der Waals surface area (Å²) in [4.78, 5) is 15.4. The van der Waals surface area contributed by atoms with Gasteiger partial charge in [0.1, 0.15) is 11.6 Å². The summed E-state index contributed by atoms with van der Waals surface area (Å²) in [6.45, 7) is 6.53. The number of aromatic nitrogens is 3. The summed E-state index contributed by atoms with van der Waals surface area (Å²) in [6, 6.07) is 8.38. The van der Waals surface area contributed by atoms with E-state index in [2.05, 4.69) is 56.2 Å². The molecule has 2 aliphatic heterocycles. The maximum atomic E-state index is 13.3. The molecule has 2 aromatic rings. The molecule has 6 nitrogen and oxygen atoms in total. The molecule has 150 valence electrons. The van der Waals surface area contributed by atoms with Crippen LogP contribution in [0.4, 0.5) is 0 Å². The number of carbonyl (C=O) groups is 1. The minimum atomic E-state index is -0.252. The van der Waals surface area contributed by atoms with Gasteiger partial charge in [-0.25, -0.2) is 0 Å². The average Bonchev–Trinajstić information content (AvgIpc) is 3.40. The number of benzene rings is 1. The Hall–Kier alpha value is -1.92. The van der Waals surface area contributed by atoms with E-state index in [0.29, 0.717) is 11.8 Å². The highest BCUT2D eigenvalue weighted by Gasteiger charge is 2.53. The van der Waals surface area contributed by atoms with Gasteiger partial charge in [-0.05, 0) is 43.7 Å². The number of amides is 1. The summed E-state index contributed by atoms with van der Waals surface area (Å²) in [7, 11) is 0. The topological polar surface area (TPSA) is 63.1 Å². The van der Waals surface area contributed by atoms with Crippen LogP contribution >= 0.6 is 12.4 Å². The van der Waals surface area contributed by atoms with Crippen molar-refractivity contribution in [1.29, 1.82) is 0 Å². The highest BCUT2D eigenvalue weighted by molar-refractivity contribution is 5.91. The zero-order valence-corrected chi connectivity index (χ0v) is 17.2. The molecule has 0 atom stereocenters. The van der Waals surface area contributed by atoms with Crippen LogP contribution in [0, 0.1) is 6.92 Å². The van der Waals surface area contributed by atoms with Crippen molar-refractivity contribution in [1.82, 2.24) is 25.0 Å². The Kier molecular flexibility index (Phi) is 5.19. The number of rotatable bonds is 3. The molecule has 7 heteroatoms. The second-order valence-electron chi connectivity index (χ2n) is 8.27. The lowest BCUT2D eigenvalue weighted by Gasteiger charge is -2.35. The van der Waals surface area contributed by atoms with Crippen LogP contribution in [0.15, 0.2) is 24.3 Å². The highest BCUT2D eigenvalue weighted by Crippen LogP contribution is 2.51. The minimum absolute atomic E-state index is 0. The molecular formula is C21H28ClN5O. The second-order valence-corrected chi connectivity index (χ2v) is 8.27. The molecule has 0 unspecified atom stereocenters. The lowest BCUT2D eigenvalue weighted by atomic mass is 9.88. The number of nitrogens with one attached hydrogen (secondary N) is 1. The third-order valence-electron chi connectivity index (χ3n) is 6.62. The first-order chi connectivity index (χ1) is 13.2. The molecule has 0 spiro atoms. The molecule has 3 aliphatic rings. The van der Waals surface area contributed by atoms with E-state index in [-0.39, 0.29) is 17.8 Å². The first kappa shape index (κ1) is 19.4. The van der Waals surface area contributed by atoms with Gasteiger partial charge in [0.2, 0.25) is 5.91 Å². The monoisotopic (exact) mass is 401 g/mol. The molecule has 1 aromatic heterocycles. The summed E-state index contributed by atoms with van der Waals surface area (Å²) in [5.74, 6) is 2.93. The quantitative estimate of drug-likeness (QED) is 0.858. The number of hydrogen-bond acceptors (Lipinski definition) is 4. The Bertz CT molecular complexity index is 867. The van der Waals surface area contributed by atoms with Crippen molar-refractivity contribution < 1.29 is 4.79 Å². The SMILES string of the molecule is Cc1ccccc1C1(C(=O)N2CCC(c3nnc4n3CCNC4)CC2)CC1.Cl. The lowest BCUT2D eigenvalue weighted by molar-refractivity contribution is -0.135. The van der Waals surface area contributed by atoms with Gasteiger partial charge in [-0.1, -0.05) is 24.3 Å². The minimum Gasteiger partial charge on any atom is -0.342 e. The molecule has 5 rings (SSSR count). The van der Waals surface area contributed by atoms with Crippen LogP contribution in [0.25, 0.3) is 0 Å². The highest BCUT2D eigenvalue weighted by atomic mass is 35.5. The smallest absolute Gasteiger partial charge is 0.233 e. The van der Waals surface area contributed by atoms with E-state index in [4.69, 9.17) is 0 Å². The first-order valence-corrected chi connectivity index (χ1v) is 10.2. The van der Waals surface area contributed by atoms with Gasteiger partial charge in [0, 0.05) is 32.1 Å². The van der Waals surface area contributed by atoms with Crippen LogP contribution in [-0.2, 0) is 23.3 Å². The van der Waals surface area contributed by atoms with Crippen LogP contribution in [0.1, 0.15) is 54.4 Å². The fourth-order valence-corrected chi connectivity index (χ4v) is 4.89. The molecule has 1 aliphatic carbocycles. The van der Waals surface area contributed by atoms with Crippen LogP contribution in [0.3, 0.4) is 0 Å². The third kappa shape index (κ3) is 3.12. The number of hydrogen-bond donors (Lipinski definition) is 1. The molecule has 2 fully saturated rings. The molecule has 1 saturated heterocycles. The molecule has 1 aromatic carbocycles. The molecular weight excluding hydrogens is 374 g/mol. The zero-order chi connectivity index (χ0) is 18.4. The van der Waals surface area contributed by atoms with Crippen molar-refractivity contribution in [3.8, 4) is 0 Å². The predicted octanol–water partition coefficient (Wildman–Crippen LogP) is 2.55. The van der Waals surface area contributed by atoms with E-state index in [0.717, 1.165) is 70.1 Å². The van der Waals surface area contributed by atoms with Crippen LogP contribution in [-0.4, -0.2) is 45.2 Å². The van der Waals surface area contributed by atoms with Gasteiger partial charge in [-0.2, -0.15) is 0 Å². The van der Waals surface area contributed by atoms with Gasteiger partial charge in [0.25, 0.3) is 0 Å². The van der Waals surface area contributed by atoms with Gasteiger partial charge in [0.05, 0.1) is 12.0 Å². The molecule has 1 N–H and O–H groups in total. The van der Waals surface area contributed by atoms with Crippen molar-refractivity contribution >= 4 is 18.3 Å². The summed E-state index contributed by atoms with van der Waals surface area (Å²) >= 11 is 0. The maximum absolute atomic E-state index is 13.3. The van der Waals surface area contributed by atoms with Crippen molar-refractivity contribution in [2.45, 2.75) is 57.0 Å². The molecule has 1 amide bonds. The third-order valence-corrected chi connectivity index (χ3v) is 6.62. The van der Waals surface area contributed by atoms with Crippen LogP contribution < -0.4 is 5.32 Å². The number of fused-ring (bicyclic) bond motifs is 1. The second kappa shape index (κ2) is 7.48. The van der Waals surface area contributed by atoms with E-state index in [1.54, 1.807) is 0 Å². The fraction of sp³-hybridized carbons (Fsp3) is 0.571.